The molecular weight excluding hydrogens is 436 g/mol. The van der Waals surface area contributed by atoms with Crippen molar-refractivity contribution in [2.24, 2.45) is 17.8 Å². The highest BCUT2D eigenvalue weighted by Crippen LogP contribution is 2.63. The van der Waals surface area contributed by atoms with Gasteiger partial charge in [-0.3, -0.25) is 4.79 Å². The molecular formula is C30H30N2O3. The van der Waals surface area contributed by atoms with Crippen LogP contribution in [0.25, 0.3) is 0 Å². The second-order valence-electron chi connectivity index (χ2n) is 10.2. The molecule has 5 nitrogen and oxygen atoms in total. The largest absolute Gasteiger partial charge is 0.465 e. The molecule has 0 saturated heterocycles. The molecule has 3 aromatic carbocycles. The number of benzene rings is 3. The molecule has 3 aromatic rings. The normalized spacial score (nSPS) is 25.8. The third-order valence-corrected chi connectivity index (χ3v) is 8.41. The van der Waals surface area contributed by atoms with Crippen LogP contribution in [0.15, 0.2) is 66.7 Å². The number of methoxy groups -OCH3 is 1. The molecule has 5 atom stereocenters. The summed E-state index contributed by atoms with van der Waals surface area (Å²) >= 11 is 0. The van der Waals surface area contributed by atoms with Gasteiger partial charge in [0, 0.05) is 16.9 Å². The van der Waals surface area contributed by atoms with Crippen LogP contribution in [0.1, 0.15) is 68.6 Å². The van der Waals surface area contributed by atoms with Crippen LogP contribution < -0.4 is 10.6 Å². The lowest BCUT2D eigenvalue weighted by molar-refractivity contribution is 0.0600. The number of hydrogen-bond donors (Lipinski definition) is 2. The van der Waals surface area contributed by atoms with Crippen LogP contribution in [0.3, 0.4) is 0 Å². The van der Waals surface area contributed by atoms with Crippen LogP contribution in [0.2, 0.25) is 0 Å². The first-order valence-electron chi connectivity index (χ1n) is 12.5. The number of aryl methyl sites for hydroxylation is 1. The summed E-state index contributed by atoms with van der Waals surface area (Å²) in [5, 5.41) is 6.85. The van der Waals surface area contributed by atoms with E-state index >= 15 is 0 Å². The minimum absolute atomic E-state index is 0.164. The molecule has 0 unspecified atom stereocenters. The molecule has 2 aliphatic carbocycles. The summed E-state index contributed by atoms with van der Waals surface area (Å²) in [7, 11) is 1.35. The van der Waals surface area contributed by atoms with E-state index in [2.05, 4.69) is 53.1 Å². The number of carbonyl (C=O) groups is 2. The maximum atomic E-state index is 13.3. The Hall–Kier alpha value is -3.60. The van der Waals surface area contributed by atoms with Gasteiger partial charge in [0.25, 0.3) is 5.91 Å². The summed E-state index contributed by atoms with van der Waals surface area (Å²) in [6.45, 7) is 1.91. The predicted molar refractivity (Wildman–Crippen MR) is 137 cm³/mol. The van der Waals surface area contributed by atoms with Gasteiger partial charge in [-0.15, -0.1) is 0 Å². The van der Waals surface area contributed by atoms with Crippen molar-refractivity contribution in [3.8, 4) is 0 Å². The van der Waals surface area contributed by atoms with Crippen molar-refractivity contribution < 1.29 is 14.3 Å². The number of rotatable bonds is 4. The third kappa shape index (κ3) is 3.70. The highest BCUT2D eigenvalue weighted by molar-refractivity contribution is 6.05. The summed E-state index contributed by atoms with van der Waals surface area (Å²) in [5.74, 6) is 1.87. The molecule has 1 aliphatic heterocycles. The summed E-state index contributed by atoms with van der Waals surface area (Å²) in [4.78, 5) is 25.2. The van der Waals surface area contributed by atoms with Crippen molar-refractivity contribution in [1.82, 2.24) is 0 Å². The van der Waals surface area contributed by atoms with E-state index in [1.54, 1.807) is 12.1 Å². The van der Waals surface area contributed by atoms with Gasteiger partial charge in [0.2, 0.25) is 0 Å². The molecule has 5 heteroatoms. The summed E-state index contributed by atoms with van der Waals surface area (Å²) in [5.41, 5.74) is 6.35. The van der Waals surface area contributed by atoms with Gasteiger partial charge in [-0.05, 0) is 96.9 Å². The van der Waals surface area contributed by atoms with E-state index in [4.69, 9.17) is 4.74 Å². The molecule has 1 heterocycles. The standard InChI is InChI=1S/C30H30N2O3/c1-17-8-9-22(30(34)35-2)16-25(17)32-29(33)21-12-13-24-23(15-21)26-19-10-11-20(14-19)27(26)28(31-24)18-6-4-3-5-7-18/h3-9,12-13,15-16,19-20,26-28,31H,10-11,14H2,1-2H3,(H,32,33)/t19-,20-,26-,27+,28+/m0/s1. The Balaban J connectivity index is 1.32. The molecule has 1 amide bonds. The van der Waals surface area contributed by atoms with E-state index < -0.39 is 5.97 Å². The number of ether oxygens (including phenoxy) is 1. The maximum absolute atomic E-state index is 13.3. The number of hydrogen-bond acceptors (Lipinski definition) is 4. The van der Waals surface area contributed by atoms with Gasteiger partial charge >= 0.3 is 5.97 Å². The highest BCUT2D eigenvalue weighted by atomic mass is 16.5. The minimum Gasteiger partial charge on any atom is -0.465 e. The molecule has 0 aromatic heterocycles. The zero-order valence-corrected chi connectivity index (χ0v) is 20.1. The number of nitrogens with one attached hydrogen (secondary N) is 2. The van der Waals surface area contributed by atoms with Crippen molar-refractivity contribution in [3.63, 3.8) is 0 Å². The minimum atomic E-state index is -0.421. The van der Waals surface area contributed by atoms with Crippen molar-refractivity contribution in [1.29, 1.82) is 0 Å². The number of esters is 1. The lowest BCUT2D eigenvalue weighted by Gasteiger charge is -2.43. The van der Waals surface area contributed by atoms with E-state index in [-0.39, 0.29) is 5.91 Å². The van der Waals surface area contributed by atoms with Crippen molar-refractivity contribution in [3.05, 3.63) is 94.5 Å². The average molecular weight is 467 g/mol. The van der Waals surface area contributed by atoms with Crippen LogP contribution in [-0.4, -0.2) is 19.0 Å². The molecule has 2 bridgehead atoms. The van der Waals surface area contributed by atoms with Crippen LogP contribution in [0.5, 0.6) is 0 Å². The summed E-state index contributed by atoms with van der Waals surface area (Å²) in [6.07, 6.45) is 3.88. The Kier molecular flexibility index (Phi) is 5.36. The predicted octanol–water partition coefficient (Wildman–Crippen LogP) is 6.33. The van der Waals surface area contributed by atoms with E-state index in [1.807, 2.05) is 19.1 Å². The fourth-order valence-electron chi connectivity index (χ4n) is 6.81. The Morgan fingerprint density at radius 3 is 2.51 bits per heavy atom. The molecule has 0 radical (unpaired) electrons. The number of amides is 1. The SMILES string of the molecule is COC(=O)c1ccc(C)c(NC(=O)c2ccc3c(c2)[C@@H]2[C@H]4CC[C@@H](C4)[C@H]2[C@@H](c2ccccc2)N3)c1. The molecule has 2 N–H and O–H groups in total. The van der Waals surface area contributed by atoms with E-state index in [0.717, 1.165) is 17.2 Å². The average Bonchev–Trinajstić information content (AvgIpc) is 3.52. The van der Waals surface area contributed by atoms with Crippen LogP contribution in [0.4, 0.5) is 11.4 Å². The zero-order valence-electron chi connectivity index (χ0n) is 20.1. The first kappa shape index (κ1) is 21.9. The molecule has 3 aliphatic rings. The summed E-state index contributed by atoms with van der Waals surface area (Å²) in [6, 6.07) is 22.4. The first-order valence-corrected chi connectivity index (χ1v) is 12.5. The van der Waals surface area contributed by atoms with Gasteiger partial charge in [-0.1, -0.05) is 36.4 Å². The molecule has 0 spiro atoms. The van der Waals surface area contributed by atoms with E-state index in [9.17, 15) is 9.59 Å². The van der Waals surface area contributed by atoms with Crippen LogP contribution in [-0.2, 0) is 4.74 Å². The van der Waals surface area contributed by atoms with Crippen molar-refractivity contribution in [2.45, 2.75) is 38.1 Å². The summed E-state index contributed by atoms with van der Waals surface area (Å²) < 4.78 is 4.83. The number of carbonyl (C=O) groups excluding carboxylic acids is 2. The Labute approximate surface area is 205 Å². The van der Waals surface area contributed by atoms with E-state index in [0.29, 0.717) is 40.6 Å². The van der Waals surface area contributed by atoms with Gasteiger partial charge in [0.05, 0.1) is 18.7 Å². The number of anilines is 2. The van der Waals surface area contributed by atoms with Gasteiger partial charge < -0.3 is 15.4 Å². The Bertz CT molecular complexity index is 1300. The highest BCUT2D eigenvalue weighted by Gasteiger charge is 2.53. The van der Waals surface area contributed by atoms with Gasteiger partial charge in [-0.25, -0.2) is 4.79 Å². The fraction of sp³-hybridized carbons (Fsp3) is 0.333. The Morgan fingerprint density at radius 1 is 0.943 bits per heavy atom. The second-order valence-corrected chi connectivity index (χ2v) is 10.2. The van der Waals surface area contributed by atoms with Crippen LogP contribution >= 0.6 is 0 Å². The van der Waals surface area contributed by atoms with Crippen molar-refractivity contribution >= 4 is 23.3 Å². The molecule has 35 heavy (non-hydrogen) atoms. The fourth-order valence-corrected chi connectivity index (χ4v) is 6.81. The number of fused-ring (bicyclic) bond motifs is 7. The zero-order chi connectivity index (χ0) is 24.1. The molecule has 2 fully saturated rings. The third-order valence-electron chi connectivity index (χ3n) is 8.41. The molecule has 2 saturated carbocycles. The Morgan fingerprint density at radius 2 is 1.71 bits per heavy atom. The van der Waals surface area contributed by atoms with Crippen LogP contribution in [0, 0.1) is 24.7 Å². The lowest BCUT2D eigenvalue weighted by Crippen LogP contribution is -2.35. The molecule has 6 rings (SSSR count). The van der Waals surface area contributed by atoms with Gasteiger partial charge in [0.1, 0.15) is 0 Å². The first-order chi connectivity index (χ1) is 17.0. The smallest absolute Gasteiger partial charge is 0.337 e. The second kappa shape index (κ2) is 8.56. The maximum Gasteiger partial charge on any atom is 0.337 e. The van der Waals surface area contributed by atoms with Gasteiger partial charge in [-0.2, -0.15) is 0 Å². The topological polar surface area (TPSA) is 67.4 Å². The monoisotopic (exact) mass is 466 g/mol. The lowest BCUT2D eigenvalue weighted by atomic mass is 9.68. The molecule has 178 valence electrons. The van der Waals surface area contributed by atoms with Crippen molar-refractivity contribution in [2.75, 3.05) is 17.7 Å². The van der Waals surface area contributed by atoms with E-state index in [1.165, 1.54) is 37.5 Å². The van der Waals surface area contributed by atoms with Gasteiger partial charge in [0.15, 0.2) is 0 Å². The quantitative estimate of drug-likeness (QED) is 0.441.